The first-order valence-corrected chi connectivity index (χ1v) is 9.91. The Morgan fingerprint density at radius 2 is 1.68 bits per heavy atom. The van der Waals surface area contributed by atoms with Crippen LogP contribution >= 0.6 is 24.0 Å². The van der Waals surface area contributed by atoms with Gasteiger partial charge in [0.2, 0.25) is 0 Å². The number of ether oxygens (including phenoxy) is 3. The Hall–Kier alpha value is -1.46. The van der Waals surface area contributed by atoms with Gasteiger partial charge in [-0.3, -0.25) is 0 Å². The molecule has 4 nitrogen and oxygen atoms in total. The van der Waals surface area contributed by atoms with Crippen molar-refractivity contribution in [2.24, 2.45) is 0 Å². The Morgan fingerprint density at radius 3 is 2.36 bits per heavy atom. The Bertz CT molecular complexity index is 678. The topological polar surface area (TPSA) is 39.7 Å². The first kappa shape index (κ1) is 24.6. The smallest absolute Gasteiger partial charge is 0.161 e. The van der Waals surface area contributed by atoms with Gasteiger partial charge in [-0.2, -0.15) is 0 Å². The second-order valence-electron chi connectivity index (χ2n) is 6.58. The van der Waals surface area contributed by atoms with Gasteiger partial charge < -0.3 is 19.5 Å². The second-order valence-corrected chi connectivity index (χ2v) is 7.02. The lowest BCUT2D eigenvalue weighted by molar-refractivity contribution is 0.0770. The number of rotatable bonds is 12. The molecule has 0 saturated heterocycles. The molecule has 156 valence electrons. The predicted octanol–water partition coefficient (Wildman–Crippen LogP) is 5.64. The van der Waals surface area contributed by atoms with E-state index in [-0.39, 0.29) is 12.4 Å². The Balaban J connectivity index is 0.00000392. The third-order valence-electron chi connectivity index (χ3n) is 3.89. The third kappa shape index (κ3) is 9.16. The monoisotopic (exact) mass is 427 g/mol. The number of nitrogens with one attached hydrogen (secondary N) is 1. The number of hydrogen-bond acceptors (Lipinski definition) is 4. The quantitative estimate of drug-likeness (QED) is 0.444. The van der Waals surface area contributed by atoms with Crippen LogP contribution in [0.2, 0.25) is 5.02 Å². The molecule has 0 aliphatic carbocycles. The molecule has 1 N–H and O–H groups in total. The fourth-order valence-electron chi connectivity index (χ4n) is 2.54. The van der Waals surface area contributed by atoms with Gasteiger partial charge in [-0.15, -0.1) is 12.4 Å². The van der Waals surface area contributed by atoms with Gasteiger partial charge in [-0.25, -0.2) is 0 Å². The van der Waals surface area contributed by atoms with Crippen molar-refractivity contribution in [1.82, 2.24) is 5.32 Å². The van der Waals surface area contributed by atoms with Crippen LogP contribution in [0.1, 0.15) is 38.3 Å². The molecular weight excluding hydrogens is 397 g/mol. The van der Waals surface area contributed by atoms with Crippen LogP contribution in [-0.2, 0) is 17.9 Å². The van der Waals surface area contributed by atoms with E-state index in [9.17, 15) is 0 Å². The highest BCUT2D eigenvalue weighted by Crippen LogP contribution is 2.29. The van der Waals surface area contributed by atoms with Crippen LogP contribution in [0.3, 0.4) is 0 Å². The second kappa shape index (κ2) is 13.7. The van der Waals surface area contributed by atoms with Crippen molar-refractivity contribution in [2.75, 3.05) is 19.8 Å². The van der Waals surface area contributed by atoms with Gasteiger partial charge in [0.1, 0.15) is 6.61 Å². The maximum Gasteiger partial charge on any atom is 0.161 e. The first-order valence-electron chi connectivity index (χ1n) is 9.53. The summed E-state index contributed by atoms with van der Waals surface area (Å²) in [6.45, 7) is 9.66. The summed E-state index contributed by atoms with van der Waals surface area (Å²) in [5.41, 5.74) is 2.23. The maximum atomic E-state index is 5.95. The van der Waals surface area contributed by atoms with Crippen LogP contribution in [0.15, 0.2) is 42.5 Å². The van der Waals surface area contributed by atoms with Crippen LogP contribution in [0.5, 0.6) is 11.5 Å². The maximum absolute atomic E-state index is 5.95. The lowest BCUT2D eigenvalue weighted by atomic mass is 10.2. The summed E-state index contributed by atoms with van der Waals surface area (Å²) in [5, 5.41) is 4.16. The average Bonchev–Trinajstić information content (AvgIpc) is 2.65. The zero-order chi connectivity index (χ0) is 19.5. The first-order chi connectivity index (χ1) is 13.1. The van der Waals surface area contributed by atoms with Crippen LogP contribution < -0.4 is 14.8 Å². The zero-order valence-electron chi connectivity index (χ0n) is 16.9. The van der Waals surface area contributed by atoms with E-state index < -0.39 is 0 Å². The molecular formula is C22H31Cl2NO3. The molecule has 2 rings (SSSR count). The van der Waals surface area contributed by atoms with E-state index in [2.05, 4.69) is 25.2 Å². The average molecular weight is 428 g/mol. The van der Waals surface area contributed by atoms with E-state index >= 15 is 0 Å². The molecule has 0 aliphatic heterocycles. The van der Waals surface area contributed by atoms with Crippen molar-refractivity contribution in [3.05, 3.63) is 58.6 Å². The fourth-order valence-corrected chi connectivity index (χ4v) is 2.67. The number of hydrogen-bond donors (Lipinski definition) is 1. The molecule has 0 unspecified atom stereocenters. The molecule has 0 aliphatic rings. The molecule has 0 atom stereocenters. The minimum absolute atomic E-state index is 0. The lowest BCUT2D eigenvalue weighted by Crippen LogP contribution is -2.17. The molecule has 0 aromatic heterocycles. The molecule has 2 aromatic carbocycles. The largest absolute Gasteiger partial charge is 0.490 e. The summed E-state index contributed by atoms with van der Waals surface area (Å²) in [4.78, 5) is 0. The van der Waals surface area contributed by atoms with Gasteiger partial charge in [0.25, 0.3) is 0 Å². The molecule has 0 saturated carbocycles. The highest BCUT2D eigenvalue weighted by atomic mass is 35.5. The van der Waals surface area contributed by atoms with E-state index in [0.29, 0.717) is 19.3 Å². The van der Waals surface area contributed by atoms with Crippen molar-refractivity contribution < 1.29 is 14.2 Å². The van der Waals surface area contributed by atoms with Crippen molar-refractivity contribution in [2.45, 2.75) is 46.4 Å². The molecule has 0 bridgehead atoms. The molecule has 0 spiro atoms. The van der Waals surface area contributed by atoms with Gasteiger partial charge >= 0.3 is 0 Å². The molecule has 2 aromatic rings. The Kier molecular flexibility index (Phi) is 12.0. The molecule has 28 heavy (non-hydrogen) atoms. The summed E-state index contributed by atoms with van der Waals surface area (Å²) in [6, 6.07) is 13.7. The van der Waals surface area contributed by atoms with Crippen molar-refractivity contribution in [1.29, 1.82) is 0 Å². The van der Waals surface area contributed by atoms with Crippen molar-refractivity contribution >= 4 is 24.0 Å². The highest BCUT2D eigenvalue weighted by Gasteiger charge is 2.07. The van der Waals surface area contributed by atoms with Crippen molar-refractivity contribution in [3.8, 4) is 11.5 Å². The van der Waals surface area contributed by atoms with E-state index in [1.54, 1.807) is 0 Å². The summed E-state index contributed by atoms with van der Waals surface area (Å²) in [5.74, 6) is 1.52. The van der Waals surface area contributed by atoms with E-state index in [1.165, 1.54) is 5.56 Å². The summed E-state index contributed by atoms with van der Waals surface area (Å²) in [7, 11) is 0. The normalized spacial score (nSPS) is 10.6. The predicted molar refractivity (Wildman–Crippen MR) is 118 cm³/mol. The van der Waals surface area contributed by atoms with Crippen molar-refractivity contribution in [3.63, 3.8) is 0 Å². The van der Waals surface area contributed by atoms with E-state index in [4.69, 9.17) is 25.8 Å². The number of benzene rings is 2. The van der Waals surface area contributed by atoms with Gasteiger partial charge in [0, 0.05) is 18.2 Å². The third-order valence-corrected chi connectivity index (χ3v) is 4.15. The molecule has 0 heterocycles. The number of halogens is 2. The minimum atomic E-state index is 0. The SMILES string of the molecule is CCOc1cc(CNCCCOC(C)C)ccc1OCc1ccc(Cl)cc1.Cl. The lowest BCUT2D eigenvalue weighted by Gasteiger charge is -2.14. The van der Waals surface area contributed by atoms with Crippen LogP contribution in [0, 0.1) is 0 Å². The van der Waals surface area contributed by atoms with E-state index in [0.717, 1.165) is 48.2 Å². The van der Waals surface area contributed by atoms with E-state index in [1.807, 2.05) is 43.3 Å². The fraction of sp³-hybridized carbons (Fsp3) is 0.455. The summed E-state index contributed by atoms with van der Waals surface area (Å²) < 4.78 is 17.3. The molecule has 0 radical (unpaired) electrons. The highest BCUT2D eigenvalue weighted by molar-refractivity contribution is 6.30. The zero-order valence-corrected chi connectivity index (χ0v) is 18.4. The van der Waals surface area contributed by atoms with Crippen LogP contribution in [0.4, 0.5) is 0 Å². The molecule has 6 heteroatoms. The van der Waals surface area contributed by atoms with Gasteiger partial charge in [0.05, 0.1) is 12.7 Å². The minimum Gasteiger partial charge on any atom is -0.490 e. The summed E-state index contributed by atoms with van der Waals surface area (Å²) >= 11 is 5.92. The van der Waals surface area contributed by atoms with Gasteiger partial charge in [0.15, 0.2) is 11.5 Å². The molecule has 0 amide bonds. The van der Waals surface area contributed by atoms with Gasteiger partial charge in [-0.05, 0) is 69.1 Å². The van der Waals surface area contributed by atoms with Gasteiger partial charge in [-0.1, -0.05) is 29.8 Å². The Morgan fingerprint density at radius 1 is 0.964 bits per heavy atom. The van der Waals surface area contributed by atoms with Crippen LogP contribution in [-0.4, -0.2) is 25.9 Å². The standard InChI is InChI=1S/C22H30ClNO3.ClH/c1-4-25-22-14-19(15-24-12-5-13-26-17(2)3)8-11-21(22)27-16-18-6-9-20(23)10-7-18;/h6-11,14,17,24H,4-5,12-13,15-16H2,1-3H3;1H. The molecule has 0 fully saturated rings. The van der Waals surface area contributed by atoms with Crippen LogP contribution in [0.25, 0.3) is 0 Å². The Labute approximate surface area is 179 Å². The summed E-state index contributed by atoms with van der Waals surface area (Å²) in [6.07, 6.45) is 1.29.